The van der Waals surface area contributed by atoms with Crippen LogP contribution in [0.15, 0.2) is 47.0 Å². The van der Waals surface area contributed by atoms with Gasteiger partial charge in [0.1, 0.15) is 12.4 Å². The molecular formula is C24H25F3N2O6. The number of hydrogen-bond donors (Lipinski definition) is 1. The predicted octanol–water partition coefficient (Wildman–Crippen LogP) is 5.57. The van der Waals surface area contributed by atoms with Crippen molar-refractivity contribution in [3.05, 3.63) is 42.5 Å². The molecule has 188 valence electrons. The maximum Gasteiger partial charge on any atom is 0.573 e. The van der Waals surface area contributed by atoms with Crippen LogP contribution in [-0.2, 0) is 4.74 Å². The molecule has 1 amide bonds. The lowest BCUT2D eigenvalue weighted by atomic mass is 9.83. The molecule has 2 atom stereocenters. The topological polar surface area (TPSA) is 94.3 Å². The van der Waals surface area contributed by atoms with Gasteiger partial charge in [-0.05, 0) is 46.0 Å². The van der Waals surface area contributed by atoms with Crippen LogP contribution in [0.25, 0.3) is 22.1 Å². The summed E-state index contributed by atoms with van der Waals surface area (Å²) in [5.74, 6) is -0.134. The molecule has 3 aromatic rings. The van der Waals surface area contributed by atoms with Crippen LogP contribution in [-0.4, -0.2) is 59.5 Å². The number of alkyl halides is 3. The SMILES string of the molecule is CC(C)(C)[C@H]1OCCN(C(=O)O)C1COc1noc2ccc(-c3ccc(OC(F)(F)F)cc3)cc12. The van der Waals surface area contributed by atoms with Crippen molar-refractivity contribution < 1.29 is 41.8 Å². The number of aromatic nitrogens is 1. The molecule has 4 rings (SSSR count). The van der Waals surface area contributed by atoms with Gasteiger partial charge in [-0.2, -0.15) is 0 Å². The first-order chi connectivity index (χ1) is 16.4. The molecule has 0 radical (unpaired) electrons. The fraction of sp³-hybridized carbons (Fsp3) is 0.417. The first-order valence-corrected chi connectivity index (χ1v) is 10.9. The number of carboxylic acid groups (broad SMARTS) is 1. The van der Waals surface area contributed by atoms with E-state index in [1.165, 1.54) is 29.2 Å². The predicted molar refractivity (Wildman–Crippen MR) is 119 cm³/mol. The quantitative estimate of drug-likeness (QED) is 0.496. The summed E-state index contributed by atoms with van der Waals surface area (Å²) < 4.78 is 58.3. The van der Waals surface area contributed by atoms with E-state index in [9.17, 15) is 23.1 Å². The number of carbonyl (C=O) groups is 1. The summed E-state index contributed by atoms with van der Waals surface area (Å²) in [6, 6.07) is 10.1. The molecule has 1 N–H and O–H groups in total. The van der Waals surface area contributed by atoms with Gasteiger partial charge in [0.15, 0.2) is 5.58 Å². The average Bonchev–Trinajstić information content (AvgIpc) is 3.18. The zero-order valence-corrected chi connectivity index (χ0v) is 19.3. The van der Waals surface area contributed by atoms with E-state index in [1.54, 1.807) is 18.2 Å². The summed E-state index contributed by atoms with van der Waals surface area (Å²) in [6.45, 7) is 6.45. The van der Waals surface area contributed by atoms with Crippen molar-refractivity contribution in [3.8, 4) is 22.8 Å². The highest BCUT2D eigenvalue weighted by molar-refractivity contribution is 5.87. The Labute approximate surface area is 199 Å². The maximum absolute atomic E-state index is 12.4. The number of hydrogen-bond acceptors (Lipinski definition) is 6. The molecule has 0 aliphatic carbocycles. The van der Waals surface area contributed by atoms with E-state index in [1.807, 2.05) is 20.8 Å². The molecule has 1 aliphatic heterocycles. The van der Waals surface area contributed by atoms with Gasteiger partial charge in [0.25, 0.3) is 5.88 Å². The van der Waals surface area contributed by atoms with E-state index < -0.39 is 24.6 Å². The van der Waals surface area contributed by atoms with Crippen LogP contribution in [0.1, 0.15) is 20.8 Å². The molecule has 0 saturated carbocycles. The van der Waals surface area contributed by atoms with Crippen LogP contribution >= 0.6 is 0 Å². The Morgan fingerprint density at radius 3 is 2.46 bits per heavy atom. The van der Waals surface area contributed by atoms with Gasteiger partial charge >= 0.3 is 12.5 Å². The summed E-state index contributed by atoms with van der Waals surface area (Å²) in [5.41, 5.74) is 1.47. The van der Waals surface area contributed by atoms with Gasteiger partial charge in [-0.1, -0.05) is 39.0 Å². The van der Waals surface area contributed by atoms with Crippen LogP contribution in [0, 0.1) is 5.41 Å². The van der Waals surface area contributed by atoms with Crippen molar-refractivity contribution in [2.45, 2.75) is 39.3 Å². The van der Waals surface area contributed by atoms with E-state index in [0.29, 0.717) is 28.7 Å². The average molecular weight is 494 g/mol. The summed E-state index contributed by atoms with van der Waals surface area (Å²) in [4.78, 5) is 13.1. The zero-order valence-electron chi connectivity index (χ0n) is 19.3. The van der Waals surface area contributed by atoms with Crippen molar-refractivity contribution >= 4 is 17.1 Å². The molecular weight excluding hydrogens is 469 g/mol. The normalized spacial score (nSPS) is 19.1. The van der Waals surface area contributed by atoms with Gasteiger partial charge < -0.3 is 23.8 Å². The molecule has 0 bridgehead atoms. The second kappa shape index (κ2) is 9.29. The molecule has 1 fully saturated rings. The number of halogens is 3. The van der Waals surface area contributed by atoms with E-state index in [0.717, 1.165) is 0 Å². The minimum Gasteiger partial charge on any atom is -0.473 e. The molecule has 1 unspecified atom stereocenters. The number of ether oxygens (including phenoxy) is 3. The van der Waals surface area contributed by atoms with Crippen molar-refractivity contribution in [1.82, 2.24) is 10.1 Å². The van der Waals surface area contributed by atoms with Crippen LogP contribution < -0.4 is 9.47 Å². The largest absolute Gasteiger partial charge is 0.573 e. The zero-order chi connectivity index (χ0) is 25.4. The first-order valence-electron chi connectivity index (χ1n) is 10.9. The van der Waals surface area contributed by atoms with Crippen molar-refractivity contribution in [2.24, 2.45) is 5.41 Å². The van der Waals surface area contributed by atoms with Crippen LogP contribution in [0.4, 0.5) is 18.0 Å². The number of fused-ring (bicyclic) bond motifs is 1. The molecule has 1 aromatic heterocycles. The fourth-order valence-electron chi connectivity index (χ4n) is 4.17. The summed E-state index contributed by atoms with van der Waals surface area (Å²) in [7, 11) is 0. The van der Waals surface area contributed by atoms with E-state index in [4.69, 9.17) is 14.0 Å². The second-order valence-electron chi connectivity index (χ2n) is 9.28. The highest BCUT2D eigenvalue weighted by atomic mass is 19.4. The minimum atomic E-state index is -4.76. The van der Waals surface area contributed by atoms with Crippen molar-refractivity contribution in [2.75, 3.05) is 19.8 Å². The van der Waals surface area contributed by atoms with Gasteiger partial charge in [0.2, 0.25) is 0 Å². The Morgan fingerprint density at radius 1 is 1.14 bits per heavy atom. The van der Waals surface area contributed by atoms with Gasteiger partial charge in [-0.25, -0.2) is 4.79 Å². The monoisotopic (exact) mass is 494 g/mol. The lowest BCUT2D eigenvalue weighted by Gasteiger charge is -2.44. The maximum atomic E-state index is 12.4. The van der Waals surface area contributed by atoms with Crippen molar-refractivity contribution in [3.63, 3.8) is 0 Å². The highest BCUT2D eigenvalue weighted by Crippen LogP contribution is 2.34. The number of amides is 1. The van der Waals surface area contributed by atoms with E-state index in [-0.39, 0.29) is 30.2 Å². The molecule has 1 aliphatic rings. The van der Waals surface area contributed by atoms with E-state index >= 15 is 0 Å². The van der Waals surface area contributed by atoms with Crippen molar-refractivity contribution in [1.29, 1.82) is 0 Å². The van der Waals surface area contributed by atoms with Crippen LogP contribution in [0.2, 0.25) is 0 Å². The number of morpholine rings is 1. The van der Waals surface area contributed by atoms with Crippen LogP contribution in [0.3, 0.4) is 0 Å². The molecule has 8 nitrogen and oxygen atoms in total. The smallest absolute Gasteiger partial charge is 0.473 e. The third kappa shape index (κ3) is 5.61. The Hall–Kier alpha value is -3.47. The minimum absolute atomic E-state index is 0.00355. The van der Waals surface area contributed by atoms with Gasteiger partial charge in [0.05, 0.1) is 24.1 Å². The van der Waals surface area contributed by atoms with Gasteiger partial charge in [0, 0.05) is 6.54 Å². The summed E-state index contributed by atoms with van der Waals surface area (Å²) in [5, 5.41) is 14.2. The van der Waals surface area contributed by atoms with Gasteiger partial charge in [-0.15, -0.1) is 13.2 Å². The Morgan fingerprint density at radius 2 is 1.83 bits per heavy atom. The number of nitrogens with zero attached hydrogens (tertiary/aromatic N) is 2. The number of rotatable bonds is 5. The molecule has 0 spiro atoms. The third-order valence-corrected chi connectivity index (χ3v) is 5.73. The Bertz CT molecular complexity index is 1190. The Kier molecular flexibility index (Phi) is 6.54. The summed E-state index contributed by atoms with van der Waals surface area (Å²) in [6.07, 6.45) is -6.21. The highest BCUT2D eigenvalue weighted by Gasteiger charge is 2.42. The van der Waals surface area contributed by atoms with E-state index in [2.05, 4.69) is 9.89 Å². The number of benzene rings is 2. The summed E-state index contributed by atoms with van der Waals surface area (Å²) >= 11 is 0. The lowest BCUT2D eigenvalue weighted by molar-refractivity contribution is -0.274. The molecule has 11 heteroatoms. The molecule has 2 aromatic carbocycles. The van der Waals surface area contributed by atoms with Crippen LogP contribution in [0.5, 0.6) is 11.6 Å². The lowest BCUT2D eigenvalue weighted by Crippen LogP contribution is -2.59. The first kappa shape index (κ1) is 24.6. The van der Waals surface area contributed by atoms with Gasteiger partial charge in [-0.3, -0.25) is 4.90 Å². The third-order valence-electron chi connectivity index (χ3n) is 5.73. The Balaban J connectivity index is 1.56. The second-order valence-corrected chi connectivity index (χ2v) is 9.28. The standard InChI is InChI=1S/C24H25F3N2O6/c1-23(2,3)20-18(29(22(30)31)10-11-32-20)13-33-21-17-12-15(6-9-19(17)35-28-21)14-4-7-16(8-5-14)34-24(25,26)27/h4-9,12,18,20H,10-11,13H2,1-3H3,(H,30,31)/t18?,20-/m0/s1. The molecule has 1 saturated heterocycles. The molecule has 35 heavy (non-hydrogen) atoms. The fourth-order valence-corrected chi connectivity index (χ4v) is 4.17. The molecule has 2 heterocycles.